The molecule has 2 fully saturated rings. The van der Waals surface area contributed by atoms with Gasteiger partial charge in [-0.25, -0.2) is 9.48 Å². The summed E-state index contributed by atoms with van der Waals surface area (Å²) >= 11 is 0. The molecule has 7 nitrogen and oxygen atoms in total. The first-order valence-electron chi connectivity index (χ1n) is 8.81. The van der Waals surface area contributed by atoms with E-state index >= 15 is 0 Å². The molecule has 1 atom stereocenters. The van der Waals surface area contributed by atoms with E-state index in [4.69, 9.17) is 9.47 Å². The maximum atomic E-state index is 12.1. The Balaban J connectivity index is 1.53. The van der Waals surface area contributed by atoms with Crippen molar-refractivity contribution in [1.82, 2.24) is 14.7 Å². The van der Waals surface area contributed by atoms with Gasteiger partial charge in [-0.2, -0.15) is 5.10 Å². The minimum Gasteiger partial charge on any atom is -0.444 e. The van der Waals surface area contributed by atoms with Crippen molar-refractivity contribution in [2.75, 3.05) is 37.7 Å². The first-order valence-corrected chi connectivity index (χ1v) is 8.81. The first kappa shape index (κ1) is 17.1. The molecule has 0 radical (unpaired) electrons. The highest BCUT2D eigenvalue weighted by Gasteiger charge is 2.26. The van der Waals surface area contributed by atoms with E-state index in [0.29, 0.717) is 13.1 Å². The summed E-state index contributed by atoms with van der Waals surface area (Å²) < 4.78 is 13.1. The molecular formula is C17H28N4O3. The summed E-state index contributed by atoms with van der Waals surface area (Å²) in [4.78, 5) is 16.2. The third-order valence-corrected chi connectivity index (χ3v) is 4.34. The number of hydrogen-bond acceptors (Lipinski definition) is 5. The molecule has 0 aromatic carbocycles. The Labute approximate surface area is 143 Å². The maximum Gasteiger partial charge on any atom is 0.410 e. The van der Waals surface area contributed by atoms with Crippen LogP contribution < -0.4 is 4.90 Å². The van der Waals surface area contributed by atoms with Gasteiger partial charge < -0.3 is 19.3 Å². The minimum atomic E-state index is -0.449. The van der Waals surface area contributed by atoms with Crippen LogP contribution in [0.25, 0.3) is 0 Å². The number of amides is 1. The molecule has 0 saturated carbocycles. The van der Waals surface area contributed by atoms with Gasteiger partial charge >= 0.3 is 6.09 Å². The van der Waals surface area contributed by atoms with Gasteiger partial charge in [-0.3, -0.25) is 0 Å². The molecule has 2 aliphatic heterocycles. The molecule has 0 N–H and O–H groups in total. The van der Waals surface area contributed by atoms with Gasteiger partial charge in [0.1, 0.15) is 11.8 Å². The van der Waals surface area contributed by atoms with Crippen molar-refractivity contribution < 1.29 is 14.3 Å². The van der Waals surface area contributed by atoms with Crippen LogP contribution >= 0.6 is 0 Å². The van der Waals surface area contributed by atoms with E-state index in [1.165, 1.54) is 6.42 Å². The number of nitrogens with zero attached hydrogens (tertiary/aromatic N) is 4. The average molecular weight is 336 g/mol. The molecule has 1 unspecified atom stereocenters. The number of piperazine rings is 1. The highest BCUT2D eigenvalue weighted by atomic mass is 16.6. The van der Waals surface area contributed by atoms with Crippen molar-refractivity contribution in [1.29, 1.82) is 0 Å². The van der Waals surface area contributed by atoms with E-state index in [0.717, 1.165) is 38.2 Å². The minimum absolute atomic E-state index is 0.0653. The number of anilines is 1. The zero-order valence-corrected chi connectivity index (χ0v) is 14.9. The second-order valence-electron chi connectivity index (χ2n) is 7.45. The molecule has 134 valence electrons. The zero-order valence-electron chi connectivity index (χ0n) is 14.9. The number of carbonyl (C=O) groups excluding carboxylic acids is 1. The topological polar surface area (TPSA) is 59.8 Å². The first-order chi connectivity index (χ1) is 11.4. The third-order valence-electron chi connectivity index (χ3n) is 4.34. The van der Waals surface area contributed by atoms with Crippen molar-refractivity contribution in [3.05, 3.63) is 12.4 Å². The summed E-state index contributed by atoms with van der Waals surface area (Å²) in [5.41, 5.74) is 0.642. The molecule has 24 heavy (non-hydrogen) atoms. The number of hydrogen-bond donors (Lipinski definition) is 0. The largest absolute Gasteiger partial charge is 0.444 e. The van der Waals surface area contributed by atoms with E-state index in [1.54, 1.807) is 4.90 Å². The van der Waals surface area contributed by atoms with E-state index in [1.807, 2.05) is 31.6 Å². The van der Waals surface area contributed by atoms with Gasteiger partial charge in [-0.1, -0.05) is 0 Å². The summed E-state index contributed by atoms with van der Waals surface area (Å²) in [6.45, 7) is 9.40. The molecule has 0 aliphatic carbocycles. The molecule has 1 aromatic heterocycles. The van der Waals surface area contributed by atoms with Crippen LogP contribution in [0.15, 0.2) is 12.4 Å². The van der Waals surface area contributed by atoms with Crippen LogP contribution in [0, 0.1) is 0 Å². The van der Waals surface area contributed by atoms with Crippen LogP contribution in [0.5, 0.6) is 0 Å². The second-order valence-corrected chi connectivity index (χ2v) is 7.45. The fourth-order valence-electron chi connectivity index (χ4n) is 3.05. The van der Waals surface area contributed by atoms with Crippen LogP contribution in [0.2, 0.25) is 0 Å². The normalized spacial score (nSPS) is 22.5. The summed E-state index contributed by atoms with van der Waals surface area (Å²) in [6, 6.07) is 0. The van der Waals surface area contributed by atoms with Crippen LogP contribution in [0.3, 0.4) is 0 Å². The van der Waals surface area contributed by atoms with Crippen molar-refractivity contribution in [3.63, 3.8) is 0 Å². The summed E-state index contributed by atoms with van der Waals surface area (Å²) in [6.07, 6.45) is 7.13. The SMILES string of the molecule is CC(C)(C)OC(=O)N1CCN(c2cnn(C3CCCCO3)c2)CC1. The molecule has 1 amide bonds. The Bertz CT molecular complexity index is 552. The second kappa shape index (κ2) is 7.01. The Morgan fingerprint density at radius 1 is 1.25 bits per heavy atom. The monoisotopic (exact) mass is 336 g/mol. The van der Waals surface area contributed by atoms with Crippen molar-refractivity contribution in [2.45, 2.75) is 51.9 Å². The van der Waals surface area contributed by atoms with E-state index in [9.17, 15) is 4.79 Å². The molecule has 0 bridgehead atoms. The standard InChI is InChI=1S/C17H28N4O3/c1-17(2,3)24-16(22)20-9-7-19(8-10-20)14-12-18-21(13-14)15-6-4-5-11-23-15/h12-13,15H,4-11H2,1-3H3. The molecule has 3 rings (SSSR count). The lowest BCUT2D eigenvalue weighted by molar-refractivity contribution is -0.0394. The number of ether oxygens (including phenoxy) is 2. The fraction of sp³-hybridized carbons (Fsp3) is 0.765. The summed E-state index contributed by atoms with van der Waals surface area (Å²) in [5.74, 6) is 0. The molecule has 2 aliphatic rings. The van der Waals surface area contributed by atoms with Crippen LogP contribution in [-0.4, -0.2) is 59.2 Å². The van der Waals surface area contributed by atoms with Gasteiger partial charge in [0.05, 0.1) is 18.1 Å². The molecule has 0 spiro atoms. The lowest BCUT2D eigenvalue weighted by Gasteiger charge is -2.36. The van der Waals surface area contributed by atoms with E-state index in [2.05, 4.69) is 16.2 Å². The van der Waals surface area contributed by atoms with Gasteiger partial charge in [0.15, 0.2) is 0 Å². The Kier molecular flexibility index (Phi) is 4.99. The quantitative estimate of drug-likeness (QED) is 0.831. The lowest BCUT2D eigenvalue weighted by atomic mass is 10.2. The molecule has 2 saturated heterocycles. The predicted molar refractivity (Wildman–Crippen MR) is 91.1 cm³/mol. The number of rotatable bonds is 2. The third kappa shape index (κ3) is 4.20. The smallest absolute Gasteiger partial charge is 0.410 e. The van der Waals surface area contributed by atoms with Gasteiger partial charge in [0.2, 0.25) is 0 Å². The predicted octanol–water partition coefficient (Wildman–Crippen LogP) is 2.64. The summed E-state index contributed by atoms with van der Waals surface area (Å²) in [5, 5.41) is 4.46. The van der Waals surface area contributed by atoms with E-state index in [-0.39, 0.29) is 12.3 Å². The fourth-order valence-corrected chi connectivity index (χ4v) is 3.05. The summed E-state index contributed by atoms with van der Waals surface area (Å²) in [7, 11) is 0. The Morgan fingerprint density at radius 3 is 2.62 bits per heavy atom. The maximum absolute atomic E-state index is 12.1. The van der Waals surface area contributed by atoms with Crippen molar-refractivity contribution >= 4 is 11.8 Å². The van der Waals surface area contributed by atoms with Gasteiger partial charge in [-0.15, -0.1) is 0 Å². The van der Waals surface area contributed by atoms with Gasteiger partial charge in [-0.05, 0) is 40.0 Å². The van der Waals surface area contributed by atoms with Gasteiger partial charge in [0, 0.05) is 32.8 Å². The average Bonchev–Trinajstić information content (AvgIpc) is 3.04. The van der Waals surface area contributed by atoms with Crippen molar-refractivity contribution in [2.24, 2.45) is 0 Å². The van der Waals surface area contributed by atoms with Crippen LogP contribution in [-0.2, 0) is 9.47 Å². The molecule has 7 heteroatoms. The highest BCUT2D eigenvalue weighted by molar-refractivity contribution is 5.68. The highest BCUT2D eigenvalue weighted by Crippen LogP contribution is 2.24. The molecular weight excluding hydrogens is 308 g/mol. The zero-order chi connectivity index (χ0) is 17.2. The number of carbonyl (C=O) groups is 1. The Hall–Kier alpha value is -1.76. The van der Waals surface area contributed by atoms with E-state index < -0.39 is 5.60 Å². The Morgan fingerprint density at radius 2 is 2.00 bits per heavy atom. The number of aromatic nitrogens is 2. The van der Waals surface area contributed by atoms with Crippen LogP contribution in [0.4, 0.5) is 10.5 Å². The van der Waals surface area contributed by atoms with Crippen LogP contribution in [0.1, 0.15) is 46.3 Å². The van der Waals surface area contributed by atoms with Gasteiger partial charge in [0.25, 0.3) is 0 Å². The molecule has 3 heterocycles. The van der Waals surface area contributed by atoms with Crippen molar-refractivity contribution in [3.8, 4) is 0 Å². The molecule has 1 aromatic rings. The lowest BCUT2D eigenvalue weighted by Crippen LogP contribution is -2.50.